The maximum absolute atomic E-state index is 12.8. The molecule has 1 nitrogen and oxygen atoms in total. The highest BCUT2D eigenvalue weighted by atomic mass is 19.1. The van der Waals surface area contributed by atoms with Crippen molar-refractivity contribution in [3.05, 3.63) is 29.6 Å². The van der Waals surface area contributed by atoms with Gasteiger partial charge in [-0.25, -0.2) is 4.39 Å². The van der Waals surface area contributed by atoms with Crippen molar-refractivity contribution in [2.45, 2.75) is 19.4 Å². The van der Waals surface area contributed by atoms with Crippen LogP contribution < -0.4 is 11.2 Å². The maximum atomic E-state index is 12.8. The Morgan fingerprint density at radius 2 is 2.25 bits per heavy atom. The molecule has 1 aromatic rings. The van der Waals surface area contributed by atoms with Gasteiger partial charge in [-0.3, -0.25) is 0 Å². The third kappa shape index (κ3) is 2.34. The van der Waals surface area contributed by atoms with Crippen LogP contribution in [0.3, 0.4) is 0 Å². The van der Waals surface area contributed by atoms with Crippen LogP contribution in [0.25, 0.3) is 0 Å². The fourth-order valence-corrected chi connectivity index (χ4v) is 1.21. The molecule has 0 saturated heterocycles. The standard InChI is InChI=1S/C9H13BFN/c1-6(12)4-7-5-8(11)2-3-9(7)10/h2-3,5-6H,4,10,12H2,1H3/t6-/m0/s1. The minimum Gasteiger partial charge on any atom is -0.328 e. The first-order chi connectivity index (χ1) is 5.59. The number of rotatable bonds is 2. The van der Waals surface area contributed by atoms with Crippen LogP contribution >= 0.6 is 0 Å². The fourth-order valence-electron chi connectivity index (χ4n) is 1.21. The van der Waals surface area contributed by atoms with Gasteiger partial charge in [-0.15, -0.1) is 0 Å². The molecule has 0 aromatic heterocycles. The number of hydrogen-bond donors (Lipinski definition) is 1. The lowest BCUT2D eigenvalue weighted by Gasteiger charge is -2.08. The Morgan fingerprint density at radius 3 is 2.83 bits per heavy atom. The molecule has 0 aliphatic rings. The van der Waals surface area contributed by atoms with E-state index < -0.39 is 0 Å². The molecule has 3 heteroatoms. The van der Waals surface area contributed by atoms with Crippen LogP contribution in [0, 0.1) is 5.82 Å². The summed E-state index contributed by atoms with van der Waals surface area (Å²) in [7, 11) is 1.97. The molecule has 1 rings (SSSR count). The quantitative estimate of drug-likeness (QED) is 0.612. The van der Waals surface area contributed by atoms with Gasteiger partial charge in [-0.1, -0.05) is 11.5 Å². The third-order valence-corrected chi connectivity index (χ3v) is 1.85. The minimum atomic E-state index is -0.184. The van der Waals surface area contributed by atoms with Gasteiger partial charge in [0.05, 0.1) is 0 Å². The molecule has 64 valence electrons. The molecular weight excluding hydrogens is 152 g/mol. The van der Waals surface area contributed by atoms with E-state index in [1.807, 2.05) is 14.8 Å². The zero-order valence-corrected chi connectivity index (χ0v) is 7.47. The number of hydrogen-bond acceptors (Lipinski definition) is 1. The SMILES string of the molecule is Bc1ccc(F)cc1C[C@H](C)N. The van der Waals surface area contributed by atoms with Crippen LogP contribution in [0.4, 0.5) is 4.39 Å². The van der Waals surface area contributed by atoms with Crippen LogP contribution in [0.2, 0.25) is 0 Å². The normalized spacial score (nSPS) is 12.9. The van der Waals surface area contributed by atoms with Crippen LogP contribution in [-0.4, -0.2) is 13.9 Å². The van der Waals surface area contributed by atoms with E-state index in [9.17, 15) is 4.39 Å². The van der Waals surface area contributed by atoms with Crippen molar-refractivity contribution in [3.63, 3.8) is 0 Å². The lowest BCUT2D eigenvalue weighted by Crippen LogP contribution is -2.22. The zero-order chi connectivity index (χ0) is 9.14. The van der Waals surface area contributed by atoms with Crippen LogP contribution in [0.1, 0.15) is 12.5 Å². The average molecular weight is 165 g/mol. The first-order valence-electron chi connectivity index (χ1n) is 4.10. The molecule has 0 saturated carbocycles. The van der Waals surface area contributed by atoms with Crippen LogP contribution in [-0.2, 0) is 6.42 Å². The lowest BCUT2D eigenvalue weighted by atomic mass is 9.88. The molecule has 0 aliphatic carbocycles. The minimum absolute atomic E-state index is 0.0884. The van der Waals surface area contributed by atoms with Gasteiger partial charge in [0, 0.05) is 6.04 Å². The fraction of sp³-hybridized carbons (Fsp3) is 0.333. The predicted molar refractivity (Wildman–Crippen MR) is 51.9 cm³/mol. The van der Waals surface area contributed by atoms with Gasteiger partial charge in [0.2, 0.25) is 0 Å². The van der Waals surface area contributed by atoms with E-state index in [1.165, 1.54) is 6.07 Å². The summed E-state index contributed by atoms with van der Waals surface area (Å²) in [4.78, 5) is 0. The van der Waals surface area contributed by atoms with Gasteiger partial charge in [0.1, 0.15) is 13.7 Å². The van der Waals surface area contributed by atoms with Crippen molar-refractivity contribution in [3.8, 4) is 0 Å². The van der Waals surface area contributed by atoms with Crippen molar-refractivity contribution in [1.29, 1.82) is 0 Å². The zero-order valence-electron chi connectivity index (χ0n) is 7.47. The smallest absolute Gasteiger partial charge is 0.139 e. The number of nitrogens with two attached hydrogens (primary N) is 1. The summed E-state index contributed by atoms with van der Waals surface area (Å²) in [5.41, 5.74) is 7.73. The molecule has 12 heavy (non-hydrogen) atoms. The Hall–Kier alpha value is -0.825. The first-order valence-corrected chi connectivity index (χ1v) is 4.10. The van der Waals surface area contributed by atoms with Crippen molar-refractivity contribution < 1.29 is 4.39 Å². The topological polar surface area (TPSA) is 26.0 Å². The summed E-state index contributed by atoms with van der Waals surface area (Å²) in [5, 5.41) is 0. The van der Waals surface area contributed by atoms with Gasteiger partial charge in [-0.05, 0) is 31.0 Å². The summed E-state index contributed by atoms with van der Waals surface area (Å²) >= 11 is 0. The van der Waals surface area contributed by atoms with Gasteiger partial charge < -0.3 is 5.73 Å². The summed E-state index contributed by atoms with van der Waals surface area (Å²) in [6, 6.07) is 4.90. The maximum Gasteiger partial charge on any atom is 0.139 e. The first kappa shape index (κ1) is 9.26. The van der Waals surface area contributed by atoms with Crippen LogP contribution in [0.15, 0.2) is 18.2 Å². The van der Waals surface area contributed by atoms with Crippen molar-refractivity contribution >= 4 is 13.3 Å². The van der Waals surface area contributed by atoms with E-state index in [0.717, 1.165) is 17.4 Å². The molecule has 0 radical (unpaired) electrons. The summed E-state index contributed by atoms with van der Waals surface area (Å²) in [5.74, 6) is -0.184. The molecular formula is C9H13BFN. The summed E-state index contributed by atoms with van der Waals surface area (Å²) in [6.45, 7) is 1.92. The second kappa shape index (κ2) is 3.72. The molecule has 0 spiro atoms. The molecule has 1 aromatic carbocycles. The van der Waals surface area contributed by atoms with Gasteiger partial charge in [-0.2, -0.15) is 0 Å². The molecule has 0 heterocycles. The van der Waals surface area contributed by atoms with Gasteiger partial charge in [0.15, 0.2) is 0 Å². The number of halogens is 1. The Labute approximate surface area is 73.2 Å². The van der Waals surface area contributed by atoms with E-state index >= 15 is 0 Å². The van der Waals surface area contributed by atoms with E-state index in [2.05, 4.69) is 0 Å². The molecule has 0 bridgehead atoms. The van der Waals surface area contributed by atoms with Crippen molar-refractivity contribution in [2.75, 3.05) is 0 Å². The van der Waals surface area contributed by atoms with Gasteiger partial charge >= 0.3 is 0 Å². The molecule has 0 unspecified atom stereocenters. The largest absolute Gasteiger partial charge is 0.328 e. The van der Waals surface area contributed by atoms with Gasteiger partial charge in [0.25, 0.3) is 0 Å². The predicted octanol–water partition coefficient (Wildman–Crippen LogP) is -0.0262. The van der Waals surface area contributed by atoms with Crippen LogP contribution in [0.5, 0.6) is 0 Å². The van der Waals surface area contributed by atoms with E-state index in [4.69, 9.17) is 5.73 Å². The highest BCUT2D eigenvalue weighted by Gasteiger charge is 2.02. The molecule has 0 amide bonds. The van der Waals surface area contributed by atoms with Crippen molar-refractivity contribution in [2.24, 2.45) is 5.73 Å². The second-order valence-electron chi connectivity index (χ2n) is 3.25. The molecule has 2 N–H and O–H groups in total. The second-order valence-corrected chi connectivity index (χ2v) is 3.25. The Kier molecular flexibility index (Phi) is 2.87. The molecule has 0 fully saturated rings. The summed E-state index contributed by atoms with van der Waals surface area (Å²) in [6.07, 6.45) is 0.740. The summed E-state index contributed by atoms with van der Waals surface area (Å²) < 4.78 is 12.8. The number of benzene rings is 1. The van der Waals surface area contributed by atoms with Crippen molar-refractivity contribution in [1.82, 2.24) is 0 Å². The highest BCUT2D eigenvalue weighted by molar-refractivity contribution is 6.33. The Morgan fingerprint density at radius 1 is 1.58 bits per heavy atom. The molecule has 0 aliphatic heterocycles. The van der Waals surface area contributed by atoms with E-state index in [0.29, 0.717) is 0 Å². The average Bonchev–Trinajstić information content (AvgIpc) is 1.96. The van der Waals surface area contributed by atoms with E-state index in [1.54, 1.807) is 12.1 Å². The lowest BCUT2D eigenvalue weighted by molar-refractivity contribution is 0.623. The monoisotopic (exact) mass is 165 g/mol. The highest BCUT2D eigenvalue weighted by Crippen LogP contribution is 2.02. The van der Waals surface area contributed by atoms with E-state index in [-0.39, 0.29) is 11.9 Å². The Balaban J connectivity index is 2.90. The molecule has 1 atom stereocenters. The third-order valence-electron chi connectivity index (χ3n) is 1.85. The Bertz CT molecular complexity index is 273.